The maximum Gasteiger partial charge on any atom is 0.0497 e. The number of hydrogen-bond donors (Lipinski definition) is 1. The van der Waals surface area contributed by atoms with Crippen molar-refractivity contribution in [2.45, 2.75) is 31.6 Å². The number of thioether (sulfide) groups is 1. The van der Waals surface area contributed by atoms with E-state index in [0.717, 1.165) is 5.92 Å². The topological polar surface area (TPSA) is 20.2 Å². The van der Waals surface area contributed by atoms with Gasteiger partial charge in [-0.3, -0.25) is 0 Å². The highest BCUT2D eigenvalue weighted by Crippen LogP contribution is 2.32. The molecule has 0 spiro atoms. The van der Waals surface area contributed by atoms with Crippen LogP contribution >= 0.6 is 11.8 Å². The average molecular weight is 236 g/mol. The summed E-state index contributed by atoms with van der Waals surface area (Å²) >= 11 is 2.07. The van der Waals surface area contributed by atoms with Crippen molar-refractivity contribution in [1.82, 2.24) is 0 Å². The molecule has 88 valence electrons. The van der Waals surface area contributed by atoms with Crippen LogP contribution in [0.1, 0.15) is 42.7 Å². The van der Waals surface area contributed by atoms with Gasteiger partial charge in [0.25, 0.3) is 0 Å². The summed E-state index contributed by atoms with van der Waals surface area (Å²) < 4.78 is 0. The largest absolute Gasteiger partial charge is 0.396 e. The van der Waals surface area contributed by atoms with E-state index in [1.54, 1.807) is 0 Å². The van der Waals surface area contributed by atoms with Crippen molar-refractivity contribution in [1.29, 1.82) is 0 Å². The quantitative estimate of drug-likeness (QED) is 0.868. The minimum atomic E-state index is 0.240. The molecule has 0 aliphatic carbocycles. The van der Waals surface area contributed by atoms with Crippen molar-refractivity contribution < 1.29 is 5.11 Å². The maximum atomic E-state index is 9.19. The van der Waals surface area contributed by atoms with Crippen molar-refractivity contribution in [3.8, 4) is 0 Å². The molecule has 1 aliphatic rings. The zero-order chi connectivity index (χ0) is 11.4. The average Bonchev–Trinajstić information content (AvgIpc) is 2.39. The Morgan fingerprint density at radius 3 is 2.81 bits per heavy atom. The number of aliphatic hydroxyl groups excluding tert-OH is 1. The zero-order valence-electron chi connectivity index (χ0n) is 9.86. The van der Waals surface area contributed by atoms with Gasteiger partial charge in [-0.1, -0.05) is 31.2 Å². The zero-order valence-corrected chi connectivity index (χ0v) is 10.7. The van der Waals surface area contributed by atoms with Crippen LogP contribution in [0.4, 0.5) is 0 Å². The lowest BCUT2D eigenvalue weighted by atomic mass is 9.90. The van der Waals surface area contributed by atoms with Crippen molar-refractivity contribution in [2.75, 3.05) is 18.1 Å². The molecule has 1 aliphatic heterocycles. The molecular weight excluding hydrogens is 216 g/mol. The first kappa shape index (κ1) is 12.0. The van der Waals surface area contributed by atoms with E-state index < -0.39 is 0 Å². The van der Waals surface area contributed by atoms with Gasteiger partial charge in [0.15, 0.2) is 0 Å². The number of hydrogen-bond acceptors (Lipinski definition) is 2. The van der Waals surface area contributed by atoms with Gasteiger partial charge in [0.05, 0.1) is 0 Å². The highest BCUT2D eigenvalue weighted by Gasteiger charge is 2.16. The standard InChI is InChI=1S/C14H20OS/c1-11(10-15)13-3-2-4-14(9-13)12-5-7-16-8-6-12/h2-4,9,11-12,15H,5-8,10H2,1H3. The SMILES string of the molecule is CC(CO)c1cccc(C2CCSCC2)c1. The first-order valence-electron chi connectivity index (χ1n) is 6.09. The van der Waals surface area contributed by atoms with Crippen molar-refractivity contribution in [3.05, 3.63) is 35.4 Å². The van der Waals surface area contributed by atoms with Crippen LogP contribution < -0.4 is 0 Å². The second-order valence-corrected chi connectivity index (χ2v) is 5.87. The molecule has 0 saturated carbocycles. The molecule has 1 N–H and O–H groups in total. The van der Waals surface area contributed by atoms with Crippen LogP contribution in [0, 0.1) is 0 Å². The molecule has 1 aromatic carbocycles. The molecule has 1 unspecified atom stereocenters. The molecule has 0 radical (unpaired) electrons. The molecule has 1 saturated heterocycles. The minimum absolute atomic E-state index is 0.240. The van der Waals surface area contributed by atoms with Crippen molar-refractivity contribution in [3.63, 3.8) is 0 Å². The Balaban J connectivity index is 2.14. The predicted molar refractivity (Wildman–Crippen MR) is 71.2 cm³/mol. The van der Waals surface area contributed by atoms with E-state index in [1.165, 1.54) is 35.5 Å². The van der Waals surface area contributed by atoms with Crippen LogP contribution in [0.5, 0.6) is 0 Å². The Bertz CT molecular complexity index is 331. The lowest BCUT2D eigenvalue weighted by Crippen LogP contribution is -2.08. The molecule has 2 heteroatoms. The molecule has 0 bridgehead atoms. The normalized spacial score (nSPS) is 19.6. The summed E-state index contributed by atoms with van der Waals surface area (Å²) in [4.78, 5) is 0. The third kappa shape index (κ3) is 2.80. The maximum absolute atomic E-state index is 9.19. The second-order valence-electron chi connectivity index (χ2n) is 4.64. The summed E-state index contributed by atoms with van der Waals surface area (Å²) in [6, 6.07) is 8.80. The van der Waals surface area contributed by atoms with Gasteiger partial charge in [-0.15, -0.1) is 0 Å². The van der Waals surface area contributed by atoms with Gasteiger partial charge in [-0.05, 0) is 41.4 Å². The lowest BCUT2D eigenvalue weighted by molar-refractivity contribution is 0.273. The Morgan fingerprint density at radius 2 is 2.12 bits per heavy atom. The molecule has 1 fully saturated rings. The van der Waals surface area contributed by atoms with E-state index in [9.17, 15) is 5.11 Å². The molecule has 1 atom stereocenters. The molecule has 1 nitrogen and oxygen atoms in total. The van der Waals surface area contributed by atoms with Crippen molar-refractivity contribution >= 4 is 11.8 Å². The third-order valence-corrected chi connectivity index (χ3v) is 4.50. The first-order valence-corrected chi connectivity index (χ1v) is 7.25. The summed E-state index contributed by atoms with van der Waals surface area (Å²) in [6.07, 6.45) is 2.61. The fourth-order valence-electron chi connectivity index (χ4n) is 2.26. The predicted octanol–water partition coefficient (Wildman–Crippen LogP) is 3.39. The number of benzene rings is 1. The molecule has 1 aromatic rings. The van der Waals surface area contributed by atoms with Gasteiger partial charge in [0, 0.05) is 12.5 Å². The summed E-state index contributed by atoms with van der Waals surface area (Å²) in [5.74, 6) is 3.60. The van der Waals surface area contributed by atoms with E-state index in [-0.39, 0.29) is 12.5 Å². The van der Waals surface area contributed by atoms with E-state index in [1.807, 2.05) is 0 Å². The second kappa shape index (κ2) is 5.74. The molecular formula is C14H20OS. The highest BCUT2D eigenvalue weighted by atomic mass is 32.2. The van der Waals surface area contributed by atoms with Gasteiger partial charge in [0.2, 0.25) is 0 Å². The van der Waals surface area contributed by atoms with Crippen LogP contribution in [0.2, 0.25) is 0 Å². The van der Waals surface area contributed by atoms with Gasteiger partial charge >= 0.3 is 0 Å². The lowest BCUT2D eigenvalue weighted by Gasteiger charge is -2.22. The van der Waals surface area contributed by atoms with E-state index >= 15 is 0 Å². The molecule has 16 heavy (non-hydrogen) atoms. The van der Waals surface area contributed by atoms with Gasteiger partial charge < -0.3 is 5.11 Å². The number of rotatable bonds is 3. The van der Waals surface area contributed by atoms with Gasteiger partial charge in [-0.25, -0.2) is 0 Å². The summed E-state index contributed by atoms with van der Waals surface area (Å²) in [5, 5.41) is 9.19. The summed E-state index contributed by atoms with van der Waals surface area (Å²) in [5.41, 5.74) is 2.75. The van der Waals surface area contributed by atoms with Crippen LogP contribution in [0.3, 0.4) is 0 Å². The van der Waals surface area contributed by atoms with E-state index in [4.69, 9.17) is 0 Å². The monoisotopic (exact) mass is 236 g/mol. The van der Waals surface area contributed by atoms with Crippen molar-refractivity contribution in [2.24, 2.45) is 0 Å². The van der Waals surface area contributed by atoms with Gasteiger partial charge in [0.1, 0.15) is 0 Å². The van der Waals surface area contributed by atoms with Crippen LogP contribution in [0.15, 0.2) is 24.3 Å². The molecule has 0 aromatic heterocycles. The van der Waals surface area contributed by atoms with Gasteiger partial charge in [-0.2, -0.15) is 11.8 Å². The summed E-state index contributed by atoms with van der Waals surface area (Å²) in [7, 11) is 0. The molecule has 2 rings (SSSR count). The molecule has 1 heterocycles. The summed E-state index contributed by atoms with van der Waals surface area (Å²) in [6.45, 7) is 2.32. The Hall–Kier alpha value is -0.470. The first-order chi connectivity index (χ1) is 7.81. The molecule has 0 amide bonds. The third-order valence-electron chi connectivity index (χ3n) is 3.45. The van der Waals surface area contributed by atoms with Crippen LogP contribution in [-0.2, 0) is 0 Å². The van der Waals surface area contributed by atoms with Crippen LogP contribution in [0.25, 0.3) is 0 Å². The van der Waals surface area contributed by atoms with E-state index in [0.29, 0.717) is 0 Å². The van der Waals surface area contributed by atoms with Crippen LogP contribution in [-0.4, -0.2) is 23.2 Å². The number of aliphatic hydroxyl groups is 1. The Labute approximate surface area is 102 Å². The fourth-order valence-corrected chi connectivity index (χ4v) is 3.36. The Kier molecular flexibility index (Phi) is 4.30. The fraction of sp³-hybridized carbons (Fsp3) is 0.571. The Morgan fingerprint density at radius 1 is 1.38 bits per heavy atom. The smallest absolute Gasteiger partial charge is 0.0497 e. The minimum Gasteiger partial charge on any atom is -0.396 e. The highest BCUT2D eigenvalue weighted by molar-refractivity contribution is 7.99. The van der Waals surface area contributed by atoms with E-state index in [2.05, 4.69) is 43.0 Å².